The summed E-state index contributed by atoms with van der Waals surface area (Å²) in [5, 5.41) is 9.41. The number of aliphatic carboxylic acids is 1. The molecule has 0 radical (unpaired) electrons. The van der Waals surface area contributed by atoms with E-state index in [0.29, 0.717) is 42.9 Å². The van der Waals surface area contributed by atoms with Crippen molar-refractivity contribution in [1.29, 1.82) is 0 Å². The van der Waals surface area contributed by atoms with Crippen LogP contribution in [0.5, 0.6) is 0 Å². The Kier molecular flexibility index (Phi) is 6.89. The predicted octanol–water partition coefficient (Wildman–Crippen LogP) is 2.39. The van der Waals surface area contributed by atoms with Gasteiger partial charge in [0, 0.05) is 38.2 Å². The summed E-state index contributed by atoms with van der Waals surface area (Å²) >= 11 is 7.09. The molecule has 7 nitrogen and oxygen atoms in total. The fourth-order valence-corrected chi connectivity index (χ4v) is 3.54. The lowest BCUT2D eigenvalue weighted by Gasteiger charge is -2.40. The number of halogens is 1. The van der Waals surface area contributed by atoms with E-state index in [1.54, 1.807) is 6.07 Å². The third-order valence-electron chi connectivity index (χ3n) is 3.84. The molecule has 0 saturated carbocycles. The maximum atomic E-state index is 12.3. The van der Waals surface area contributed by atoms with E-state index in [0.717, 1.165) is 11.8 Å². The first kappa shape index (κ1) is 19.8. The van der Waals surface area contributed by atoms with Gasteiger partial charge in [-0.25, -0.2) is 9.97 Å². The second-order valence-corrected chi connectivity index (χ2v) is 7.82. The average Bonchev–Trinajstić information content (AvgIpc) is 2.51. The van der Waals surface area contributed by atoms with Gasteiger partial charge in [0.05, 0.1) is 5.75 Å². The van der Waals surface area contributed by atoms with E-state index in [1.807, 2.05) is 25.7 Å². The quantitative estimate of drug-likeness (QED) is 0.456. The number of hydrogen-bond donors (Lipinski definition) is 1. The highest BCUT2D eigenvalue weighted by Crippen LogP contribution is 2.24. The Morgan fingerprint density at radius 1 is 1.40 bits per heavy atom. The van der Waals surface area contributed by atoms with Gasteiger partial charge in [0.25, 0.3) is 0 Å². The smallest absolute Gasteiger partial charge is 0.313 e. The van der Waals surface area contributed by atoms with Gasteiger partial charge in [0.15, 0.2) is 5.16 Å². The van der Waals surface area contributed by atoms with Crippen LogP contribution in [-0.2, 0) is 9.59 Å². The van der Waals surface area contributed by atoms with E-state index in [-0.39, 0.29) is 22.9 Å². The second kappa shape index (κ2) is 8.71. The minimum atomic E-state index is -0.930. The molecule has 2 heterocycles. The van der Waals surface area contributed by atoms with Crippen molar-refractivity contribution in [2.24, 2.45) is 5.92 Å². The van der Waals surface area contributed by atoms with Gasteiger partial charge in [-0.1, -0.05) is 37.2 Å². The molecule has 1 N–H and O–H groups in total. The first-order chi connectivity index (χ1) is 11.8. The molecule has 0 unspecified atom stereocenters. The van der Waals surface area contributed by atoms with Gasteiger partial charge in [-0.3, -0.25) is 9.59 Å². The van der Waals surface area contributed by atoms with Crippen LogP contribution < -0.4 is 4.90 Å². The lowest BCUT2D eigenvalue weighted by Crippen LogP contribution is -2.54. The van der Waals surface area contributed by atoms with Crippen molar-refractivity contribution in [2.75, 3.05) is 30.3 Å². The third-order valence-corrected chi connectivity index (χ3v) is 4.87. The fourth-order valence-electron chi connectivity index (χ4n) is 2.74. The number of piperazine rings is 1. The van der Waals surface area contributed by atoms with Gasteiger partial charge >= 0.3 is 5.97 Å². The summed E-state index contributed by atoms with van der Waals surface area (Å²) in [4.78, 5) is 35.5. The van der Waals surface area contributed by atoms with Crippen LogP contribution in [0.3, 0.4) is 0 Å². The Balaban J connectivity index is 2.06. The first-order valence-electron chi connectivity index (χ1n) is 8.20. The Labute approximate surface area is 156 Å². The van der Waals surface area contributed by atoms with Crippen LogP contribution in [-0.4, -0.2) is 63.3 Å². The SMILES string of the molecule is CC(C)CC(=O)N1CCN(c2cc(Cl)nc(SCC(=O)O)n2)C[C@H]1C. The maximum absolute atomic E-state index is 12.3. The van der Waals surface area contributed by atoms with Crippen molar-refractivity contribution in [3.8, 4) is 0 Å². The van der Waals surface area contributed by atoms with E-state index in [9.17, 15) is 9.59 Å². The first-order valence-corrected chi connectivity index (χ1v) is 9.56. The van der Waals surface area contributed by atoms with Crippen LogP contribution in [0, 0.1) is 5.92 Å². The topological polar surface area (TPSA) is 86.6 Å². The molecular formula is C16H23ClN4O3S. The molecule has 0 aliphatic carbocycles. The van der Waals surface area contributed by atoms with Gasteiger partial charge in [-0.05, 0) is 12.8 Å². The number of carboxylic acids is 1. The maximum Gasteiger partial charge on any atom is 0.313 e. The molecule has 1 amide bonds. The van der Waals surface area contributed by atoms with Crippen molar-refractivity contribution in [2.45, 2.75) is 38.4 Å². The zero-order chi connectivity index (χ0) is 18.6. The molecule has 0 bridgehead atoms. The minimum absolute atomic E-state index is 0.0730. The Hall–Kier alpha value is -1.54. The monoisotopic (exact) mass is 386 g/mol. The van der Waals surface area contributed by atoms with Crippen LogP contribution in [0.15, 0.2) is 11.2 Å². The zero-order valence-electron chi connectivity index (χ0n) is 14.6. The molecule has 138 valence electrons. The number of aromatic nitrogens is 2. The molecular weight excluding hydrogens is 364 g/mol. The average molecular weight is 387 g/mol. The van der Waals surface area contributed by atoms with E-state index in [2.05, 4.69) is 14.9 Å². The van der Waals surface area contributed by atoms with Gasteiger partial charge < -0.3 is 14.9 Å². The third kappa shape index (κ3) is 5.74. The molecule has 1 aromatic heterocycles. The van der Waals surface area contributed by atoms with Gasteiger partial charge in [-0.15, -0.1) is 0 Å². The van der Waals surface area contributed by atoms with Gasteiger partial charge in [-0.2, -0.15) is 0 Å². The number of nitrogens with zero attached hydrogens (tertiary/aromatic N) is 4. The van der Waals surface area contributed by atoms with Crippen molar-refractivity contribution in [3.05, 3.63) is 11.2 Å². The van der Waals surface area contributed by atoms with Crippen molar-refractivity contribution >= 4 is 41.1 Å². The molecule has 9 heteroatoms. The van der Waals surface area contributed by atoms with Crippen LogP contribution in [0.4, 0.5) is 5.82 Å². The van der Waals surface area contributed by atoms with Crippen molar-refractivity contribution in [3.63, 3.8) is 0 Å². The van der Waals surface area contributed by atoms with Crippen molar-refractivity contribution in [1.82, 2.24) is 14.9 Å². The highest BCUT2D eigenvalue weighted by Gasteiger charge is 2.28. The minimum Gasteiger partial charge on any atom is -0.481 e. The van der Waals surface area contributed by atoms with Crippen LogP contribution in [0.2, 0.25) is 5.15 Å². The standard InChI is InChI=1S/C16H23ClN4O3S/c1-10(2)6-14(22)21-5-4-20(8-11(21)3)13-7-12(17)18-16(19-13)25-9-15(23)24/h7,10-11H,4-6,8-9H2,1-3H3,(H,23,24)/t11-/m1/s1. The molecule has 2 rings (SSSR count). The molecule has 1 aliphatic heterocycles. The number of amides is 1. The summed E-state index contributed by atoms with van der Waals surface area (Å²) in [6, 6.07) is 1.74. The number of rotatable bonds is 6. The Morgan fingerprint density at radius 2 is 2.12 bits per heavy atom. The lowest BCUT2D eigenvalue weighted by molar-refractivity contribution is -0.135. The van der Waals surface area contributed by atoms with E-state index < -0.39 is 5.97 Å². The van der Waals surface area contributed by atoms with E-state index in [1.165, 1.54) is 0 Å². The molecule has 1 fully saturated rings. The second-order valence-electron chi connectivity index (χ2n) is 6.49. The summed E-state index contributed by atoms with van der Waals surface area (Å²) in [7, 11) is 0. The number of carbonyl (C=O) groups excluding carboxylic acids is 1. The van der Waals surface area contributed by atoms with Crippen molar-refractivity contribution < 1.29 is 14.7 Å². The molecule has 25 heavy (non-hydrogen) atoms. The van der Waals surface area contributed by atoms with Gasteiger partial charge in [0.2, 0.25) is 5.91 Å². The summed E-state index contributed by atoms with van der Waals surface area (Å²) < 4.78 is 0. The normalized spacial score (nSPS) is 17.9. The zero-order valence-corrected chi connectivity index (χ0v) is 16.2. The van der Waals surface area contributed by atoms with E-state index in [4.69, 9.17) is 16.7 Å². The number of thioether (sulfide) groups is 1. The number of carboxylic acid groups (broad SMARTS) is 1. The molecule has 0 spiro atoms. The summed E-state index contributed by atoms with van der Waals surface area (Å²) in [5.74, 6) is 0.137. The molecule has 1 aromatic rings. The summed E-state index contributed by atoms with van der Waals surface area (Å²) in [6.45, 7) is 8.04. The van der Waals surface area contributed by atoms with Crippen LogP contribution in [0.25, 0.3) is 0 Å². The summed E-state index contributed by atoms with van der Waals surface area (Å²) in [6.07, 6.45) is 0.555. The largest absolute Gasteiger partial charge is 0.481 e. The van der Waals surface area contributed by atoms with Crippen LogP contribution >= 0.6 is 23.4 Å². The molecule has 1 saturated heterocycles. The predicted molar refractivity (Wildman–Crippen MR) is 98.2 cm³/mol. The fraction of sp³-hybridized carbons (Fsp3) is 0.625. The molecule has 1 aliphatic rings. The van der Waals surface area contributed by atoms with Gasteiger partial charge in [0.1, 0.15) is 11.0 Å². The van der Waals surface area contributed by atoms with E-state index >= 15 is 0 Å². The number of carbonyl (C=O) groups is 2. The lowest BCUT2D eigenvalue weighted by atomic mass is 10.1. The number of anilines is 1. The highest BCUT2D eigenvalue weighted by molar-refractivity contribution is 7.99. The Bertz CT molecular complexity index is 644. The Morgan fingerprint density at radius 3 is 2.72 bits per heavy atom. The summed E-state index contributed by atoms with van der Waals surface area (Å²) in [5.41, 5.74) is 0. The van der Waals surface area contributed by atoms with Crippen LogP contribution in [0.1, 0.15) is 27.2 Å². The number of hydrogen-bond acceptors (Lipinski definition) is 6. The molecule has 0 aromatic carbocycles. The molecule has 1 atom stereocenters. The highest BCUT2D eigenvalue weighted by atomic mass is 35.5.